The third kappa shape index (κ3) is 3.09. The summed E-state index contributed by atoms with van der Waals surface area (Å²) in [6.07, 6.45) is 0. The lowest BCUT2D eigenvalue weighted by Gasteiger charge is -2.19. The van der Waals surface area contributed by atoms with E-state index in [2.05, 4.69) is 5.32 Å². The Hall–Kier alpha value is -2.40. The fourth-order valence-corrected chi connectivity index (χ4v) is 2.46. The predicted molar refractivity (Wildman–Crippen MR) is 83.2 cm³/mol. The van der Waals surface area contributed by atoms with Crippen molar-refractivity contribution in [3.8, 4) is 11.5 Å². The molecule has 0 bridgehead atoms. The van der Waals surface area contributed by atoms with Crippen LogP contribution in [0.3, 0.4) is 0 Å². The maximum atomic E-state index is 10.9. The second-order valence-electron chi connectivity index (χ2n) is 4.83. The first-order valence-electron chi connectivity index (χ1n) is 6.79. The average molecular weight is 320 g/mol. The predicted octanol–water partition coefficient (Wildman–Crippen LogP) is 3.42. The summed E-state index contributed by atoms with van der Waals surface area (Å²) in [7, 11) is 0. The molecule has 0 atom stereocenters. The molecule has 1 aliphatic heterocycles. The maximum absolute atomic E-state index is 10.9. The summed E-state index contributed by atoms with van der Waals surface area (Å²) in [6.45, 7) is 1.69. The largest absolute Gasteiger partial charge is 0.486 e. The molecule has 0 aromatic heterocycles. The fraction of sp³-hybridized carbons (Fsp3) is 0.188. The number of anilines is 1. The third-order valence-electron chi connectivity index (χ3n) is 3.30. The molecule has 0 saturated carbocycles. The SMILES string of the molecule is O=C(O)c1ccc(NCc2ccc3c(c2)OCCO3)cc1Cl. The lowest BCUT2D eigenvalue weighted by molar-refractivity contribution is 0.0697. The Bertz CT molecular complexity index is 717. The molecule has 0 spiro atoms. The van der Waals surface area contributed by atoms with E-state index in [1.807, 2.05) is 18.2 Å². The van der Waals surface area contributed by atoms with Crippen molar-refractivity contribution in [2.24, 2.45) is 0 Å². The monoisotopic (exact) mass is 319 g/mol. The van der Waals surface area contributed by atoms with E-state index in [1.165, 1.54) is 6.07 Å². The Morgan fingerprint density at radius 3 is 2.64 bits per heavy atom. The van der Waals surface area contributed by atoms with Crippen LogP contribution < -0.4 is 14.8 Å². The van der Waals surface area contributed by atoms with Crippen LogP contribution in [0.1, 0.15) is 15.9 Å². The number of hydrogen-bond acceptors (Lipinski definition) is 4. The van der Waals surface area contributed by atoms with Crippen molar-refractivity contribution in [1.29, 1.82) is 0 Å². The van der Waals surface area contributed by atoms with Crippen LogP contribution in [0.25, 0.3) is 0 Å². The van der Waals surface area contributed by atoms with E-state index in [-0.39, 0.29) is 10.6 Å². The topological polar surface area (TPSA) is 67.8 Å². The van der Waals surface area contributed by atoms with Gasteiger partial charge in [0.25, 0.3) is 0 Å². The minimum atomic E-state index is -1.04. The normalized spacial score (nSPS) is 12.8. The summed E-state index contributed by atoms with van der Waals surface area (Å²) in [5.41, 5.74) is 1.87. The van der Waals surface area contributed by atoms with Crippen molar-refractivity contribution in [2.45, 2.75) is 6.54 Å². The molecule has 1 aliphatic rings. The van der Waals surface area contributed by atoms with Crippen molar-refractivity contribution < 1.29 is 19.4 Å². The first kappa shape index (κ1) is 14.5. The molecule has 114 valence electrons. The van der Waals surface area contributed by atoms with E-state index in [4.69, 9.17) is 26.2 Å². The molecular weight excluding hydrogens is 306 g/mol. The van der Waals surface area contributed by atoms with Gasteiger partial charge in [0.05, 0.1) is 10.6 Å². The van der Waals surface area contributed by atoms with Crippen LogP contribution in [0.5, 0.6) is 11.5 Å². The van der Waals surface area contributed by atoms with Gasteiger partial charge in [0, 0.05) is 12.2 Å². The Morgan fingerprint density at radius 1 is 1.14 bits per heavy atom. The maximum Gasteiger partial charge on any atom is 0.337 e. The van der Waals surface area contributed by atoms with Gasteiger partial charge in [-0.3, -0.25) is 0 Å². The fourth-order valence-electron chi connectivity index (χ4n) is 2.20. The van der Waals surface area contributed by atoms with Gasteiger partial charge in [-0.15, -0.1) is 0 Å². The average Bonchev–Trinajstić information content (AvgIpc) is 2.52. The van der Waals surface area contributed by atoms with E-state index in [0.717, 1.165) is 22.7 Å². The molecule has 5 nitrogen and oxygen atoms in total. The molecular formula is C16H14ClNO4. The number of carbonyl (C=O) groups is 1. The number of ether oxygens (including phenoxy) is 2. The van der Waals surface area contributed by atoms with Gasteiger partial charge in [-0.25, -0.2) is 4.79 Å². The number of rotatable bonds is 4. The van der Waals surface area contributed by atoms with E-state index in [9.17, 15) is 4.79 Å². The Balaban J connectivity index is 1.70. The molecule has 0 aliphatic carbocycles. The van der Waals surface area contributed by atoms with Crippen LogP contribution in [-0.4, -0.2) is 24.3 Å². The zero-order valence-corrected chi connectivity index (χ0v) is 12.4. The molecule has 0 fully saturated rings. The van der Waals surface area contributed by atoms with Crippen molar-refractivity contribution >= 4 is 23.3 Å². The third-order valence-corrected chi connectivity index (χ3v) is 3.62. The quantitative estimate of drug-likeness (QED) is 0.903. The minimum absolute atomic E-state index is 0.0894. The summed E-state index contributed by atoms with van der Waals surface area (Å²) in [5, 5.41) is 12.4. The molecule has 2 aromatic carbocycles. The minimum Gasteiger partial charge on any atom is -0.486 e. The van der Waals surface area contributed by atoms with Gasteiger partial charge in [0.15, 0.2) is 11.5 Å². The first-order valence-corrected chi connectivity index (χ1v) is 7.16. The lowest BCUT2D eigenvalue weighted by Crippen LogP contribution is -2.15. The molecule has 3 rings (SSSR count). The lowest BCUT2D eigenvalue weighted by atomic mass is 10.1. The summed E-state index contributed by atoms with van der Waals surface area (Å²) < 4.78 is 11.0. The number of aromatic carboxylic acids is 1. The molecule has 2 N–H and O–H groups in total. The van der Waals surface area contributed by atoms with Gasteiger partial charge >= 0.3 is 5.97 Å². The Labute approximate surface area is 132 Å². The Kier molecular flexibility index (Phi) is 4.06. The van der Waals surface area contributed by atoms with Crippen LogP contribution >= 0.6 is 11.6 Å². The van der Waals surface area contributed by atoms with Gasteiger partial charge in [-0.1, -0.05) is 17.7 Å². The van der Waals surface area contributed by atoms with Crippen molar-refractivity contribution in [3.05, 3.63) is 52.5 Å². The molecule has 6 heteroatoms. The zero-order valence-electron chi connectivity index (χ0n) is 11.6. The second-order valence-corrected chi connectivity index (χ2v) is 5.24. The number of fused-ring (bicyclic) bond motifs is 1. The molecule has 2 aromatic rings. The Morgan fingerprint density at radius 2 is 1.91 bits per heavy atom. The second kappa shape index (κ2) is 6.15. The highest BCUT2D eigenvalue weighted by Gasteiger charge is 2.12. The summed E-state index contributed by atoms with van der Waals surface area (Å²) in [4.78, 5) is 10.9. The van der Waals surface area contributed by atoms with Crippen molar-refractivity contribution in [3.63, 3.8) is 0 Å². The molecule has 0 radical (unpaired) electrons. The number of nitrogens with one attached hydrogen (secondary N) is 1. The molecule has 0 amide bonds. The van der Waals surface area contributed by atoms with Gasteiger partial charge < -0.3 is 19.9 Å². The van der Waals surface area contributed by atoms with Gasteiger partial charge in [-0.05, 0) is 35.9 Å². The first-order chi connectivity index (χ1) is 10.6. The molecule has 0 unspecified atom stereocenters. The van der Waals surface area contributed by atoms with Gasteiger partial charge in [-0.2, -0.15) is 0 Å². The number of hydrogen-bond donors (Lipinski definition) is 2. The van der Waals surface area contributed by atoms with Crippen molar-refractivity contribution in [1.82, 2.24) is 0 Å². The van der Waals surface area contributed by atoms with Crippen LogP contribution in [0.2, 0.25) is 5.02 Å². The smallest absolute Gasteiger partial charge is 0.337 e. The highest BCUT2D eigenvalue weighted by molar-refractivity contribution is 6.33. The van der Waals surface area contributed by atoms with E-state index in [0.29, 0.717) is 19.8 Å². The standard InChI is InChI=1S/C16H14ClNO4/c17-13-8-11(2-3-12(13)16(19)20)18-9-10-1-4-14-15(7-10)22-6-5-21-14/h1-4,7-8,18H,5-6,9H2,(H,19,20). The number of carboxylic acids is 1. The van der Waals surface area contributed by atoms with E-state index >= 15 is 0 Å². The van der Waals surface area contributed by atoms with Crippen molar-refractivity contribution in [2.75, 3.05) is 18.5 Å². The summed E-state index contributed by atoms with van der Waals surface area (Å²) >= 11 is 5.94. The van der Waals surface area contributed by atoms with Gasteiger partial charge in [0.2, 0.25) is 0 Å². The molecule has 22 heavy (non-hydrogen) atoms. The zero-order chi connectivity index (χ0) is 15.5. The number of carboxylic acid groups (broad SMARTS) is 1. The highest BCUT2D eigenvalue weighted by Crippen LogP contribution is 2.31. The molecule has 0 saturated heterocycles. The summed E-state index contributed by atoms with van der Waals surface area (Å²) in [5.74, 6) is 0.456. The number of halogens is 1. The van der Waals surface area contributed by atoms with Crippen LogP contribution in [-0.2, 0) is 6.54 Å². The van der Waals surface area contributed by atoms with E-state index < -0.39 is 5.97 Å². The number of benzene rings is 2. The van der Waals surface area contributed by atoms with Crippen LogP contribution in [0, 0.1) is 0 Å². The van der Waals surface area contributed by atoms with Gasteiger partial charge in [0.1, 0.15) is 13.2 Å². The van der Waals surface area contributed by atoms with Crippen LogP contribution in [0.4, 0.5) is 5.69 Å². The van der Waals surface area contributed by atoms with Crippen LogP contribution in [0.15, 0.2) is 36.4 Å². The summed E-state index contributed by atoms with van der Waals surface area (Å²) in [6, 6.07) is 10.5. The van der Waals surface area contributed by atoms with E-state index in [1.54, 1.807) is 12.1 Å². The molecule has 1 heterocycles. The highest BCUT2D eigenvalue weighted by atomic mass is 35.5.